The Hall–Kier alpha value is -1.58. The Morgan fingerprint density at radius 3 is 2.72 bits per heavy atom. The fraction of sp³-hybridized carbons (Fsp3) is 0.571. The van der Waals surface area contributed by atoms with Crippen LogP contribution in [0.5, 0.6) is 0 Å². The highest BCUT2D eigenvalue weighted by Crippen LogP contribution is 2.06. The summed E-state index contributed by atoms with van der Waals surface area (Å²) < 4.78 is 5.70. The Morgan fingerprint density at radius 1 is 1.28 bits per heavy atom. The van der Waals surface area contributed by atoms with Gasteiger partial charge in [-0.15, -0.1) is 0 Å². The van der Waals surface area contributed by atoms with Gasteiger partial charge in [-0.25, -0.2) is 4.79 Å². The molecule has 4 heteroatoms. The van der Waals surface area contributed by atoms with Crippen molar-refractivity contribution in [1.82, 2.24) is 0 Å². The molecule has 0 bridgehead atoms. The molecular weight excluding hydrogens is 230 g/mol. The van der Waals surface area contributed by atoms with Gasteiger partial charge >= 0.3 is 5.97 Å². The van der Waals surface area contributed by atoms with Gasteiger partial charge in [0, 0.05) is 6.07 Å². The maximum Gasteiger partial charge on any atom is 0.344 e. The molecule has 1 rings (SSSR count). The van der Waals surface area contributed by atoms with E-state index in [1.165, 1.54) is 44.1 Å². The summed E-state index contributed by atoms with van der Waals surface area (Å²) in [7, 11) is 0. The number of carbonyl (C=O) groups excluding carboxylic acids is 1. The van der Waals surface area contributed by atoms with Crippen LogP contribution in [-0.2, 0) is 4.74 Å². The first-order chi connectivity index (χ1) is 8.74. The number of unbranched alkanes of at least 4 members (excludes halogenated alkanes) is 5. The quantitative estimate of drug-likeness (QED) is 0.309. The molecule has 0 saturated carbocycles. The highest BCUT2D eigenvalue weighted by Gasteiger charge is 2.09. The van der Waals surface area contributed by atoms with E-state index in [-0.39, 0.29) is 0 Å². The summed E-state index contributed by atoms with van der Waals surface area (Å²) >= 11 is 0. The van der Waals surface area contributed by atoms with Crippen LogP contribution in [0, 0.1) is 5.21 Å². The van der Waals surface area contributed by atoms with Gasteiger partial charge in [0.2, 0.25) is 0 Å². The number of rotatable bonds is 8. The second-order valence-corrected chi connectivity index (χ2v) is 4.36. The predicted octanol–water partition coefficient (Wildman–Crippen LogP) is 2.84. The third-order valence-corrected chi connectivity index (χ3v) is 2.74. The molecule has 100 valence electrons. The molecule has 0 unspecified atom stereocenters. The Labute approximate surface area is 108 Å². The number of pyridine rings is 1. The Kier molecular flexibility index (Phi) is 6.84. The van der Waals surface area contributed by atoms with E-state index >= 15 is 0 Å². The topological polar surface area (TPSA) is 53.2 Å². The van der Waals surface area contributed by atoms with E-state index in [1.54, 1.807) is 6.07 Å². The summed E-state index contributed by atoms with van der Waals surface area (Å²) in [6.45, 7) is 2.61. The molecule has 0 amide bonds. The van der Waals surface area contributed by atoms with Crippen molar-refractivity contribution in [2.75, 3.05) is 6.61 Å². The molecule has 1 heterocycles. The molecule has 18 heavy (non-hydrogen) atoms. The van der Waals surface area contributed by atoms with Crippen LogP contribution in [0.15, 0.2) is 24.5 Å². The SMILES string of the molecule is CCCCCCCCOC(=O)c1ccc[n+]([O-])c1. The standard InChI is InChI=1S/C14H21NO3/c1-2-3-4-5-6-7-11-18-14(16)13-9-8-10-15(17)12-13/h8-10,12H,2-7,11H2,1H3. The first-order valence-electron chi connectivity index (χ1n) is 6.60. The first kappa shape index (κ1) is 14.5. The summed E-state index contributed by atoms with van der Waals surface area (Å²) in [5.41, 5.74) is 0.304. The van der Waals surface area contributed by atoms with Crippen molar-refractivity contribution in [3.63, 3.8) is 0 Å². The maximum atomic E-state index is 11.6. The van der Waals surface area contributed by atoms with Gasteiger partial charge in [0.25, 0.3) is 0 Å². The van der Waals surface area contributed by atoms with E-state index in [9.17, 15) is 10.0 Å². The van der Waals surface area contributed by atoms with E-state index in [4.69, 9.17) is 4.74 Å². The monoisotopic (exact) mass is 251 g/mol. The second-order valence-electron chi connectivity index (χ2n) is 4.36. The molecule has 0 spiro atoms. The normalized spacial score (nSPS) is 10.3. The van der Waals surface area contributed by atoms with Gasteiger partial charge in [-0.05, 0) is 12.5 Å². The van der Waals surface area contributed by atoms with E-state index in [1.807, 2.05) is 0 Å². The van der Waals surface area contributed by atoms with E-state index < -0.39 is 5.97 Å². The Morgan fingerprint density at radius 2 is 2.00 bits per heavy atom. The zero-order chi connectivity index (χ0) is 13.2. The van der Waals surface area contributed by atoms with E-state index in [2.05, 4.69) is 6.92 Å². The highest BCUT2D eigenvalue weighted by molar-refractivity contribution is 5.88. The van der Waals surface area contributed by atoms with Crippen molar-refractivity contribution >= 4 is 5.97 Å². The number of ether oxygens (including phenoxy) is 1. The van der Waals surface area contributed by atoms with E-state index in [0.717, 1.165) is 12.8 Å². The fourth-order valence-electron chi connectivity index (χ4n) is 1.71. The molecule has 1 aromatic heterocycles. The van der Waals surface area contributed by atoms with E-state index in [0.29, 0.717) is 16.9 Å². The van der Waals surface area contributed by atoms with Gasteiger partial charge in [0.05, 0.1) is 6.61 Å². The number of hydrogen-bond acceptors (Lipinski definition) is 3. The number of nitrogens with zero attached hydrogens (tertiary/aromatic N) is 1. The molecular formula is C14H21NO3. The first-order valence-corrected chi connectivity index (χ1v) is 6.60. The third-order valence-electron chi connectivity index (χ3n) is 2.74. The van der Waals surface area contributed by atoms with Crippen LogP contribution in [0.4, 0.5) is 0 Å². The van der Waals surface area contributed by atoms with Gasteiger partial charge in [0.1, 0.15) is 5.56 Å². The Balaban J connectivity index is 2.14. The van der Waals surface area contributed by atoms with Gasteiger partial charge in [0.15, 0.2) is 12.4 Å². The van der Waals surface area contributed by atoms with Crippen LogP contribution in [0.2, 0.25) is 0 Å². The van der Waals surface area contributed by atoms with Gasteiger partial charge in [-0.1, -0.05) is 39.0 Å². The lowest BCUT2D eigenvalue weighted by Crippen LogP contribution is -2.26. The molecule has 4 nitrogen and oxygen atoms in total. The van der Waals surface area contributed by atoms with Crippen molar-refractivity contribution in [2.24, 2.45) is 0 Å². The Bertz CT molecular complexity index is 366. The molecule has 0 aromatic carbocycles. The van der Waals surface area contributed by atoms with Crippen molar-refractivity contribution in [3.8, 4) is 0 Å². The minimum absolute atomic E-state index is 0.304. The highest BCUT2D eigenvalue weighted by atomic mass is 16.5. The largest absolute Gasteiger partial charge is 0.619 e. The summed E-state index contributed by atoms with van der Waals surface area (Å²) in [6.07, 6.45) is 9.49. The summed E-state index contributed by atoms with van der Waals surface area (Å²) in [5, 5.41) is 11.0. The summed E-state index contributed by atoms with van der Waals surface area (Å²) in [6, 6.07) is 3.12. The number of carbonyl (C=O) groups is 1. The van der Waals surface area contributed by atoms with Crippen LogP contribution in [0.3, 0.4) is 0 Å². The minimum atomic E-state index is -0.422. The predicted molar refractivity (Wildman–Crippen MR) is 69.1 cm³/mol. The van der Waals surface area contributed by atoms with Crippen LogP contribution in [0.1, 0.15) is 55.8 Å². The number of hydrogen-bond donors (Lipinski definition) is 0. The lowest BCUT2D eigenvalue weighted by atomic mass is 10.1. The zero-order valence-corrected chi connectivity index (χ0v) is 10.9. The average molecular weight is 251 g/mol. The second kappa shape index (κ2) is 8.50. The van der Waals surface area contributed by atoms with Crippen molar-refractivity contribution in [3.05, 3.63) is 35.3 Å². The third kappa shape index (κ3) is 5.66. The lowest BCUT2D eigenvalue weighted by Gasteiger charge is -2.04. The minimum Gasteiger partial charge on any atom is -0.619 e. The van der Waals surface area contributed by atoms with Gasteiger partial charge in [-0.3, -0.25) is 0 Å². The molecule has 1 aromatic rings. The van der Waals surface area contributed by atoms with Gasteiger partial charge < -0.3 is 9.94 Å². The zero-order valence-electron chi connectivity index (χ0n) is 10.9. The number of esters is 1. The molecule has 0 radical (unpaired) electrons. The van der Waals surface area contributed by atoms with Crippen LogP contribution < -0.4 is 4.73 Å². The smallest absolute Gasteiger partial charge is 0.344 e. The average Bonchev–Trinajstić information content (AvgIpc) is 2.37. The fourth-order valence-corrected chi connectivity index (χ4v) is 1.71. The van der Waals surface area contributed by atoms with Gasteiger partial charge in [-0.2, -0.15) is 4.73 Å². The van der Waals surface area contributed by atoms with Crippen molar-refractivity contribution in [1.29, 1.82) is 0 Å². The van der Waals surface area contributed by atoms with Crippen molar-refractivity contribution in [2.45, 2.75) is 45.4 Å². The lowest BCUT2D eigenvalue weighted by molar-refractivity contribution is -0.605. The summed E-state index contributed by atoms with van der Waals surface area (Å²) in [4.78, 5) is 11.6. The van der Waals surface area contributed by atoms with Crippen LogP contribution in [0.25, 0.3) is 0 Å². The van der Waals surface area contributed by atoms with Crippen molar-refractivity contribution < 1.29 is 14.3 Å². The molecule has 0 N–H and O–H groups in total. The molecule has 0 aliphatic heterocycles. The number of aromatic nitrogens is 1. The molecule has 0 atom stereocenters. The molecule has 0 saturated heterocycles. The summed E-state index contributed by atoms with van der Waals surface area (Å²) in [5.74, 6) is -0.422. The molecule has 0 aliphatic carbocycles. The molecule has 0 fully saturated rings. The molecule has 0 aliphatic rings. The van der Waals surface area contributed by atoms with Crippen LogP contribution >= 0.6 is 0 Å². The van der Waals surface area contributed by atoms with Crippen LogP contribution in [-0.4, -0.2) is 12.6 Å². The maximum absolute atomic E-state index is 11.6.